The van der Waals surface area contributed by atoms with E-state index in [2.05, 4.69) is 26.5 Å². The lowest BCUT2D eigenvalue weighted by molar-refractivity contribution is -0.153. The van der Waals surface area contributed by atoms with Gasteiger partial charge in [0.25, 0.3) is 0 Å². The molecule has 0 amide bonds. The van der Waals surface area contributed by atoms with E-state index in [1.165, 1.54) is 12.5 Å². The first-order valence-electron chi connectivity index (χ1n) is 9.94. The second-order valence-electron chi connectivity index (χ2n) is 9.69. The number of carbonyl (C=O) groups is 1. The van der Waals surface area contributed by atoms with Gasteiger partial charge in [-0.3, -0.25) is 4.79 Å². The van der Waals surface area contributed by atoms with Crippen LogP contribution in [-0.2, 0) is 4.79 Å². The fourth-order valence-corrected chi connectivity index (χ4v) is 7.26. The van der Waals surface area contributed by atoms with Gasteiger partial charge < -0.3 is 10.2 Å². The van der Waals surface area contributed by atoms with Gasteiger partial charge in [-0.2, -0.15) is 0 Å². The van der Waals surface area contributed by atoms with E-state index in [-0.39, 0.29) is 22.7 Å². The molecule has 4 aliphatic rings. The Kier molecular flexibility index (Phi) is 3.70. The number of carbonyl (C=O) groups excluding carboxylic acids is 1. The Morgan fingerprint density at radius 1 is 1.20 bits per heavy atom. The van der Waals surface area contributed by atoms with Crippen LogP contribution in [0.25, 0.3) is 0 Å². The summed E-state index contributed by atoms with van der Waals surface area (Å²) in [6, 6.07) is 0. The smallest absolute Gasteiger partial charge is 0.166 e. The number of hydrogen-bond donors (Lipinski definition) is 2. The molecular formula is C22H32O3. The second kappa shape index (κ2) is 5.29. The highest BCUT2D eigenvalue weighted by molar-refractivity contribution is 5.90. The lowest BCUT2D eigenvalue weighted by Crippen LogP contribution is -2.57. The van der Waals surface area contributed by atoms with Crippen molar-refractivity contribution in [3.63, 3.8) is 0 Å². The van der Waals surface area contributed by atoms with Gasteiger partial charge in [0, 0.05) is 5.41 Å². The SMILES string of the molecule is C=C1C[C@@H]2[C@H]3CC=C4C[C@@H](O)CC[C@]4(C)[C@@H]3CC[C@@]2(C)[C@]1(O)C(C)=O. The minimum absolute atomic E-state index is 0.139. The van der Waals surface area contributed by atoms with E-state index in [0.717, 1.165) is 50.5 Å². The largest absolute Gasteiger partial charge is 0.393 e. The molecule has 4 aliphatic carbocycles. The van der Waals surface area contributed by atoms with Crippen molar-refractivity contribution in [1.82, 2.24) is 0 Å². The average molecular weight is 344 g/mol. The van der Waals surface area contributed by atoms with Crippen LogP contribution < -0.4 is 0 Å². The lowest BCUT2D eigenvalue weighted by atomic mass is 9.46. The van der Waals surface area contributed by atoms with Crippen LogP contribution in [0.4, 0.5) is 0 Å². The fourth-order valence-electron chi connectivity index (χ4n) is 7.26. The van der Waals surface area contributed by atoms with Gasteiger partial charge in [0.05, 0.1) is 6.10 Å². The number of rotatable bonds is 1. The molecule has 4 rings (SSSR count). The van der Waals surface area contributed by atoms with E-state index < -0.39 is 5.60 Å². The highest BCUT2D eigenvalue weighted by Gasteiger charge is 2.66. The van der Waals surface area contributed by atoms with Gasteiger partial charge in [0.1, 0.15) is 5.60 Å². The van der Waals surface area contributed by atoms with Crippen molar-refractivity contribution in [2.24, 2.45) is 28.6 Å². The van der Waals surface area contributed by atoms with Gasteiger partial charge in [-0.05, 0) is 80.6 Å². The van der Waals surface area contributed by atoms with Gasteiger partial charge in [-0.25, -0.2) is 0 Å². The molecule has 0 aromatic heterocycles. The fraction of sp³-hybridized carbons (Fsp3) is 0.773. The Hall–Kier alpha value is -0.930. The predicted octanol–water partition coefficient (Wildman–Crippen LogP) is 3.80. The van der Waals surface area contributed by atoms with Crippen molar-refractivity contribution < 1.29 is 15.0 Å². The minimum atomic E-state index is -1.35. The zero-order valence-electron chi connectivity index (χ0n) is 15.8. The first-order chi connectivity index (χ1) is 11.6. The third kappa shape index (κ3) is 2.03. The van der Waals surface area contributed by atoms with Crippen LogP contribution in [0.3, 0.4) is 0 Å². The zero-order valence-corrected chi connectivity index (χ0v) is 15.8. The maximum absolute atomic E-state index is 12.4. The number of hydrogen-bond acceptors (Lipinski definition) is 3. The van der Waals surface area contributed by atoms with Crippen LogP contribution in [-0.4, -0.2) is 27.7 Å². The molecule has 138 valence electrons. The second-order valence-corrected chi connectivity index (χ2v) is 9.69. The molecule has 0 radical (unpaired) electrons. The van der Waals surface area contributed by atoms with Crippen molar-refractivity contribution in [3.05, 3.63) is 23.8 Å². The van der Waals surface area contributed by atoms with Gasteiger partial charge >= 0.3 is 0 Å². The number of aliphatic hydroxyl groups is 2. The van der Waals surface area contributed by atoms with Crippen LogP contribution in [0, 0.1) is 28.6 Å². The van der Waals surface area contributed by atoms with Gasteiger partial charge in [-0.1, -0.05) is 32.1 Å². The monoisotopic (exact) mass is 344 g/mol. The average Bonchev–Trinajstić information content (AvgIpc) is 2.77. The molecule has 0 heterocycles. The van der Waals surface area contributed by atoms with E-state index >= 15 is 0 Å². The number of Topliss-reactive ketones (excluding diaryl/α,β-unsaturated/α-hetero) is 1. The summed E-state index contributed by atoms with van der Waals surface area (Å²) in [4.78, 5) is 12.4. The van der Waals surface area contributed by atoms with E-state index in [1.807, 2.05) is 0 Å². The summed E-state index contributed by atoms with van der Waals surface area (Å²) < 4.78 is 0. The molecule has 0 bridgehead atoms. The summed E-state index contributed by atoms with van der Waals surface area (Å²) in [5.41, 5.74) is 0.632. The number of allylic oxidation sites excluding steroid dienone is 1. The third-order valence-electron chi connectivity index (χ3n) is 8.78. The van der Waals surface area contributed by atoms with E-state index in [4.69, 9.17) is 0 Å². The summed E-state index contributed by atoms with van der Waals surface area (Å²) in [7, 11) is 0. The number of fused-ring (bicyclic) bond motifs is 5. The molecule has 3 heteroatoms. The summed E-state index contributed by atoms with van der Waals surface area (Å²) in [6.45, 7) is 10.2. The molecule has 0 saturated heterocycles. The van der Waals surface area contributed by atoms with E-state index in [0.29, 0.717) is 17.8 Å². The highest BCUT2D eigenvalue weighted by atomic mass is 16.3. The van der Waals surface area contributed by atoms with Crippen LogP contribution in [0.1, 0.15) is 65.7 Å². The molecule has 2 N–H and O–H groups in total. The Morgan fingerprint density at radius 3 is 2.60 bits per heavy atom. The number of aliphatic hydroxyl groups excluding tert-OH is 1. The molecule has 3 fully saturated rings. The normalized spacial score (nSPS) is 52.0. The molecule has 3 saturated carbocycles. The summed E-state index contributed by atoms with van der Waals surface area (Å²) in [5, 5.41) is 21.4. The molecule has 3 nitrogen and oxygen atoms in total. The van der Waals surface area contributed by atoms with Crippen LogP contribution in [0.15, 0.2) is 23.8 Å². The molecular weight excluding hydrogens is 312 g/mol. The molecule has 0 aromatic carbocycles. The standard InChI is InChI=1S/C22H32O3/c1-13-11-19-17-6-5-15-12-16(24)7-9-20(15,3)18(17)8-10-21(19,4)22(13,25)14(2)23/h5,16-19,24-25H,1,6-12H2,2-4H3/t16-,17-,18+,19+,20-,21+,22+/m0/s1. The lowest BCUT2D eigenvalue weighted by Gasteiger charge is -2.58. The summed E-state index contributed by atoms with van der Waals surface area (Å²) in [6.07, 6.45) is 8.71. The maximum atomic E-state index is 12.4. The maximum Gasteiger partial charge on any atom is 0.166 e. The minimum Gasteiger partial charge on any atom is -0.393 e. The summed E-state index contributed by atoms with van der Waals surface area (Å²) in [5.74, 6) is 1.29. The molecule has 0 aromatic rings. The first-order valence-corrected chi connectivity index (χ1v) is 9.94. The third-order valence-corrected chi connectivity index (χ3v) is 8.78. The zero-order chi connectivity index (χ0) is 18.2. The number of ketones is 1. The quantitative estimate of drug-likeness (QED) is 0.712. The van der Waals surface area contributed by atoms with Crippen molar-refractivity contribution in [1.29, 1.82) is 0 Å². The molecule has 0 unspecified atom stereocenters. The van der Waals surface area contributed by atoms with Crippen LogP contribution >= 0.6 is 0 Å². The van der Waals surface area contributed by atoms with E-state index in [1.54, 1.807) is 0 Å². The van der Waals surface area contributed by atoms with Crippen molar-refractivity contribution in [3.8, 4) is 0 Å². The molecule has 0 aliphatic heterocycles. The Labute approximate surface area is 151 Å². The molecule has 0 spiro atoms. The van der Waals surface area contributed by atoms with Crippen LogP contribution in [0.2, 0.25) is 0 Å². The first kappa shape index (κ1) is 17.5. The van der Waals surface area contributed by atoms with E-state index in [9.17, 15) is 15.0 Å². The molecule has 7 atom stereocenters. The topological polar surface area (TPSA) is 57.5 Å². The van der Waals surface area contributed by atoms with Crippen molar-refractivity contribution in [2.75, 3.05) is 0 Å². The summed E-state index contributed by atoms with van der Waals surface area (Å²) >= 11 is 0. The molecule has 25 heavy (non-hydrogen) atoms. The van der Waals surface area contributed by atoms with Crippen molar-refractivity contribution in [2.45, 2.75) is 77.4 Å². The van der Waals surface area contributed by atoms with Gasteiger partial charge in [-0.15, -0.1) is 0 Å². The van der Waals surface area contributed by atoms with Crippen LogP contribution in [0.5, 0.6) is 0 Å². The van der Waals surface area contributed by atoms with Gasteiger partial charge in [0.2, 0.25) is 0 Å². The highest BCUT2D eigenvalue weighted by Crippen LogP contribution is 2.68. The van der Waals surface area contributed by atoms with Crippen molar-refractivity contribution >= 4 is 5.78 Å². The van der Waals surface area contributed by atoms with Gasteiger partial charge in [0.15, 0.2) is 5.78 Å². The Morgan fingerprint density at radius 2 is 1.92 bits per heavy atom. The Bertz CT molecular complexity index is 664. The Balaban J connectivity index is 1.73. The predicted molar refractivity (Wildman–Crippen MR) is 97.9 cm³/mol.